The van der Waals surface area contributed by atoms with E-state index < -0.39 is 5.97 Å². The number of hydrogen-bond acceptors (Lipinski definition) is 8. The largest absolute Gasteiger partial charge is 0.507 e. The first-order chi connectivity index (χ1) is 15.0. The molecule has 1 aromatic carbocycles. The highest BCUT2D eigenvalue weighted by Gasteiger charge is 2.30. The van der Waals surface area contributed by atoms with Crippen molar-refractivity contribution in [2.24, 2.45) is 0 Å². The Kier molecular flexibility index (Phi) is 7.88. The summed E-state index contributed by atoms with van der Waals surface area (Å²) in [5, 5.41) is 9.83. The van der Waals surface area contributed by atoms with E-state index in [1.54, 1.807) is 54.0 Å². The van der Waals surface area contributed by atoms with Crippen molar-refractivity contribution in [3.8, 4) is 11.5 Å². The summed E-state index contributed by atoms with van der Waals surface area (Å²) >= 11 is 1.71. The molecular weight excluding hydrogens is 420 g/mol. The molecule has 1 unspecified atom stereocenters. The molecule has 2 heterocycles. The molecule has 1 aliphatic heterocycles. The van der Waals surface area contributed by atoms with Crippen LogP contribution in [0.5, 0.6) is 11.5 Å². The van der Waals surface area contributed by atoms with Gasteiger partial charge < -0.3 is 19.5 Å². The fourth-order valence-electron chi connectivity index (χ4n) is 3.30. The van der Waals surface area contributed by atoms with Gasteiger partial charge in [-0.3, -0.25) is 19.4 Å². The number of carbonyl (C=O) groups excluding carboxylic acids is 3. The fourth-order valence-corrected chi connectivity index (χ4v) is 4.34. The lowest BCUT2D eigenvalue weighted by atomic mass is 10.1. The summed E-state index contributed by atoms with van der Waals surface area (Å²) in [5.74, 6) is 0.887. The Balaban J connectivity index is 1.77. The van der Waals surface area contributed by atoms with E-state index in [2.05, 4.69) is 4.98 Å². The summed E-state index contributed by atoms with van der Waals surface area (Å²) in [6.45, 7) is 2.67. The first-order valence-electron chi connectivity index (χ1n) is 9.93. The number of thioether (sulfide) groups is 1. The number of rotatable bonds is 8. The summed E-state index contributed by atoms with van der Waals surface area (Å²) in [6.07, 6.45) is 2.01. The van der Waals surface area contributed by atoms with Crippen LogP contribution in [0.1, 0.15) is 33.3 Å². The third kappa shape index (κ3) is 5.55. The number of phenolic OH excluding ortho intramolecular Hbond substituents is 1. The van der Waals surface area contributed by atoms with Gasteiger partial charge in [-0.25, -0.2) is 0 Å². The van der Waals surface area contributed by atoms with Crippen molar-refractivity contribution >= 4 is 29.9 Å². The molecule has 1 saturated heterocycles. The van der Waals surface area contributed by atoms with Crippen LogP contribution >= 0.6 is 11.8 Å². The number of nitrogens with zero attached hydrogens (tertiary/aromatic N) is 2. The third-order valence-electron chi connectivity index (χ3n) is 4.82. The van der Waals surface area contributed by atoms with Crippen molar-refractivity contribution in [1.29, 1.82) is 0 Å². The van der Waals surface area contributed by atoms with Gasteiger partial charge in [0.15, 0.2) is 6.29 Å². The normalized spacial score (nSPS) is 15.9. The first kappa shape index (κ1) is 22.6. The number of hydrogen-bond donors (Lipinski definition) is 1. The Labute approximate surface area is 184 Å². The first-order valence-corrected chi connectivity index (χ1v) is 11.1. The summed E-state index contributed by atoms with van der Waals surface area (Å²) in [5.41, 5.74) is 0.811. The van der Waals surface area contributed by atoms with E-state index in [9.17, 15) is 19.5 Å². The predicted molar refractivity (Wildman–Crippen MR) is 116 cm³/mol. The SMILES string of the molecule is CCOC(=O)Cc1ncccc1C(=O)N1CCSCC1COc1cccc(O)c1C=O. The molecule has 0 radical (unpaired) electrons. The van der Waals surface area contributed by atoms with Crippen LogP contribution in [-0.2, 0) is 16.0 Å². The molecular formula is C22H24N2O6S. The maximum absolute atomic E-state index is 13.3. The topological polar surface area (TPSA) is 106 Å². The zero-order chi connectivity index (χ0) is 22.2. The van der Waals surface area contributed by atoms with Crippen molar-refractivity contribution < 1.29 is 29.0 Å². The number of amides is 1. The van der Waals surface area contributed by atoms with Crippen molar-refractivity contribution in [2.75, 3.05) is 31.3 Å². The number of aromatic hydroxyl groups is 1. The van der Waals surface area contributed by atoms with Gasteiger partial charge in [0, 0.05) is 24.2 Å². The monoisotopic (exact) mass is 444 g/mol. The van der Waals surface area contributed by atoms with Crippen molar-refractivity contribution in [3.63, 3.8) is 0 Å². The minimum Gasteiger partial charge on any atom is -0.507 e. The summed E-state index contributed by atoms with van der Waals surface area (Å²) < 4.78 is 10.8. The number of aldehydes is 1. The van der Waals surface area contributed by atoms with Gasteiger partial charge in [-0.15, -0.1) is 0 Å². The molecule has 2 aromatic rings. The molecule has 31 heavy (non-hydrogen) atoms. The number of benzene rings is 1. The van der Waals surface area contributed by atoms with Gasteiger partial charge in [0.05, 0.1) is 35.9 Å². The van der Waals surface area contributed by atoms with Gasteiger partial charge in [0.25, 0.3) is 5.91 Å². The van der Waals surface area contributed by atoms with Crippen LogP contribution in [0.15, 0.2) is 36.5 Å². The second kappa shape index (κ2) is 10.8. The quantitative estimate of drug-likeness (QED) is 0.489. The zero-order valence-corrected chi connectivity index (χ0v) is 18.0. The van der Waals surface area contributed by atoms with Crippen LogP contribution in [0.25, 0.3) is 0 Å². The lowest BCUT2D eigenvalue weighted by Crippen LogP contribution is -2.49. The van der Waals surface area contributed by atoms with E-state index in [0.717, 1.165) is 5.75 Å². The lowest BCUT2D eigenvalue weighted by Gasteiger charge is -2.35. The van der Waals surface area contributed by atoms with Crippen LogP contribution < -0.4 is 4.74 Å². The van der Waals surface area contributed by atoms with E-state index in [1.165, 1.54) is 6.07 Å². The van der Waals surface area contributed by atoms with Gasteiger partial charge in [-0.1, -0.05) is 6.07 Å². The standard InChI is InChI=1S/C22H24N2O6S/c1-2-29-21(27)11-18-16(5-4-8-23-18)22(28)24-9-10-31-14-15(24)13-30-20-7-3-6-19(26)17(20)12-25/h3-8,12,15,26H,2,9-11,13-14H2,1H3. The number of phenols is 1. The Morgan fingerprint density at radius 1 is 1.32 bits per heavy atom. The Morgan fingerprint density at radius 2 is 2.16 bits per heavy atom. The molecule has 1 amide bonds. The van der Waals surface area contributed by atoms with Crippen molar-refractivity contribution in [3.05, 3.63) is 53.3 Å². The maximum Gasteiger partial charge on any atom is 0.311 e. The summed E-state index contributed by atoms with van der Waals surface area (Å²) in [6, 6.07) is 7.68. The molecule has 0 bridgehead atoms. The molecule has 1 N–H and O–H groups in total. The highest BCUT2D eigenvalue weighted by atomic mass is 32.2. The second-order valence-corrected chi connectivity index (χ2v) is 7.97. The highest BCUT2D eigenvalue weighted by molar-refractivity contribution is 7.99. The lowest BCUT2D eigenvalue weighted by molar-refractivity contribution is -0.142. The Bertz CT molecular complexity index is 951. The van der Waals surface area contributed by atoms with Gasteiger partial charge in [0.1, 0.15) is 18.1 Å². The molecule has 0 aliphatic carbocycles. The van der Waals surface area contributed by atoms with E-state index in [1.807, 2.05) is 0 Å². The number of pyridine rings is 1. The molecule has 1 fully saturated rings. The minimum atomic E-state index is -0.436. The van der Waals surface area contributed by atoms with E-state index >= 15 is 0 Å². The van der Waals surface area contributed by atoms with Crippen LogP contribution in [0.3, 0.4) is 0 Å². The second-order valence-electron chi connectivity index (χ2n) is 6.82. The third-order valence-corrected chi connectivity index (χ3v) is 5.91. The van der Waals surface area contributed by atoms with Crippen LogP contribution in [0.4, 0.5) is 0 Å². The highest BCUT2D eigenvalue weighted by Crippen LogP contribution is 2.27. The predicted octanol–water partition coefficient (Wildman–Crippen LogP) is 2.34. The van der Waals surface area contributed by atoms with E-state index in [4.69, 9.17) is 9.47 Å². The van der Waals surface area contributed by atoms with Crippen LogP contribution in [0.2, 0.25) is 0 Å². The van der Waals surface area contributed by atoms with Crippen molar-refractivity contribution in [1.82, 2.24) is 9.88 Å². The Hall–Kier alpha value is -3.07. The number of esters is 1. The van der Waals surface area contributed by atoms with Crippen molar-refractivity contribution in [2.45, 2.75) is 19.4 Å². The molecule has 9 heteroatoms. The molecule has 0 saturated carbocycles. The molecule has 0 spiro atoms. The van der Waals surface area contributed by atoms with Crippen LogP contribution in [0, 0.1) is 0 Å². The smallest absolute Gasteiger partial charge is 0.311 e. The minimum absolute atomic E-state index is 0.0767. The molecule has 1 aromatic heterocycles. The summed E-state index contributed by atoms with van der Waals surface area (Å²) in [4.78, 5) is 42.5. The maximum atomic E-state index is 13.3. The average molecular weight is 445 g/mol. The fraction of sp³-hybridized carbons (Fsp3) is 0.364. The zero-order valence-electron chi connectivity index (χ0n) is 17.2. The Morgan fingerprint density at radius 3 is 2.94 bits per heavy atom. The summed E-state index contributed by atoms with van der Waals surface area (Å²) in [7, 11) is 0. The van der Waals surface area contributed by atoms with Gasteiger partial charge in [-0.2, -0.15) is 11.8 Å². The molecule has 1 atom stereocenters. The number of ether oxygens (including phenoxy) is 2. The number of carbonyl (C=O) groups is 3. The van der Waals surface area contributed by atoms with Gasteiger partial charge in [-0.05, 0) is 31.2 Å². The average Bonchev–Trinajstić information content (AvgIpc) is 2.78. The molecule has 8 nitrogen and oxygen atoms in total. The van der Waals surface area contributed by atoms with Crippen LogP contribution in [-0.4, -0.2) is 70.5 Å². The number of aromatic nitrogens is 1. The van der Waals surface area contributed by atoms with E-state index in [-0.39, 0.29) is 48.6 Å². The van der Waals surface area contributed by atoms with Gasteiger partial charge in [0.2, 0.25) is 0 Å². The molecule has 3 rings (SSSR count). The van der Waals surface area contributed by atoms with E-state index in [0.29, 0.717) is 29.8 Å². The molecule has 1 aliphatic rings. The molecule has 164 valence electrons. The van der Waals surface area contributed by atoms with Gasteiger partial charge >= 0.3 is 5.97 Å².